The molecule has 0 aliphatic rings. The Morgan fingerprint density at radius 2 is 1.86 bits per heavy atom. The van der Waals surface area contributed by atoms with Crippen molar-refractivity contribution in [1.82, 2.24) is 0 Å². The Bertz CT molecular complexity index is 226. The largest absolute Gasteiger partial charge is 0.479 e. The topological polar surface area (TPSA) is 104 Å². The predicted molar refractivity (Wildman–Crippen MR) is 45.9 cm³/mol. The summed E-state index contributed by atoms with van der Waals surface area (Å²) in [5, 5.41) is 26.6. The van der Waals surface area contributed by atoms with Gasteiger partial charge in [0.05, 0.1) is 0 Å². The molecule has 0 rings (SSSR count). The molecule has 0 saturated carbocycles. The number of rotatable bonds is 6. The van der Waals surface area contributed by atoms with Gasteiger partial charge in [-0.25, -0.2) is 9.59 Å². The molecule has 0 saturated heterocycles. The molecule has 3 N–H and O–H groups in total. The van der Waals surface area contributed by atoms with Gasteiger partial charge in [-0.1, -0.05) is 6.92 Å². The van der Waals surface area contributed by atoms with Gasteiger partial charge in [0.2, 0.25) is 5.60 Å². The fraction of sp³-hybridized carbons (Fsp3) is 0.750. The Balaban J connectivity index is 5.02. The van der Waals surface area contributed by atoms with Crippen molar-refractivity contribution in [2.24, 2.45) is 0 Å². The standard InChI is InChI=1S/C8H14O6/c1-3-8(7(12)13,14-4-2)5(9)6(10)11/h5,9H,3-4H2,1-2H3,(H,10,11)(H,12,13)/t5?,8-/m1/s1. The average Bonchev–Trinajstić information content (AvgIpc) is 2.12. The van der Waals surface area contributed by atoms with Crippen molar-refractivity contribution in [3.05, 3.63) is 0 Å². The van der Waals surface area contributed by atoms with Gasteiger partial charge in [-0.3, -0.25) is 0 Å². The quantitative estimate of drug-likeness (QED) is 0.551. The van der Waals surface area contributed by atoms with Crippen molar-refractivity contribution >= 4 is 11.9 Å². The van der Waals surface area contributed by atoms with Crippen LogP contribution >= 0.6 is 0 Å². The third kappa shape index (κ3) is 2.21. The first-order valence-electron chi connectivity index (χ1n) is 4.20. The number of aliphatic hydroxyl groups excluding tert-OH is 1. The predicted octanol–water partition coefficient (Wildman–Crippen LogP) is -0.298. The molecule has 0 fully saturated rings. The number of carbonyl (C=O) groups is 2. The van der Waals surface area contributed by atoms with Crippen LogP contribution in [0.5, 0.6) is 0 Å². The van der Waals surface area contributed by atoms with Crippen LogP contribution in [0, 0.1) is 0 Å². The minimum Gasteiger partial charge on any atom is -0.479 e. The van der Waals surface area contributed by atoms with Crippen LogP contribution in [0.1, 0.15) is 20.3 Å². The van der Waals surface area contributed by atoms with E-state index in [1.807, 2.05) is 0 Å². The van der Waals surface area contributed by atoms with Crippen LogP contribution in [-0.4, -0.2) is 45.6 Å². The number of ether oxygens (including phenoxy) is 1. The zero-order valence-electron chi connectivity index (χ0n) is 8.06. The molecule has 6 heteroatoms. The van der Waals surface area contributed by atoms with Gasteiger partial charge in [-0.15, -0.1) is 0 Å². The summed E-state index contributed by atoms with van der Waals surface area (Å²) in [4.78, 5) is 21.3. The minimum atomic E-state index is -2.06. The van der Waals surface area contributed by atoms with Gasteiger partial charge in [0, 0.05) is 6.61 Å². The number of carboxylic acids is 2. The molecule has 0 aromatic carbocycles. The molecular formula is C8H14O6. The number of aliphatic hydroxyl groups is 1. The van der Waals surface area contributed by atoms with E-state index in [9.17, 15) is 14.7 Å². The molecule has 14 heavy (non-hydrogen) atoms. The fourth-order valence-corrected chi connectivity index (χ4v) is 1.16. The molecule has 0 spiro atoms. The van der Waals surface area contributed by atoms with Crippen molar-refractivity contribution in [2.75, 3.05) is 6.61 Å². The summed E-state index contributed by atoms with van der Waals surface area (Å²) in [7, 11) is 0. The summed E-state index contributed by atoms with van der Waals surface area (Å²) in [5.74, 6) is -3.08. The number of carboxylic acid groups (broad SMARTS) is 2. The monoisotopic (exact) mass is 206 g/mol. The van der Waals surface area contributed by atoms with E-state index in [0.29, 0.717) is 0 Å². The smallest absolute Gasteiger partial charge is 0.339 e. The Morgan fingerprint density at radius 3 is 2.07 bits per heavy atom. The molecule has 0 heterocycles. The van der Waals surface area contributed by atoms with Gasteiger partial charge in [0.15, 0.2) is 6.10 Å². The maximum atomic E-state index is 10.8. The Morgan fingerprint density at radius 1 is 1.36 bits per heavy atom. The molecule has 82 valence electrons. The van der Waals surface area contributed by atoms with Crippen LogP contribution in [0.15, 0.2) is 0 Å². The van der Waals surface area contributed by atoms with Crippen molar-refractivity contribution in [2.45, 2.75) is 32.0 Å². The Kier molecular flexibility index (Phi) is 4.52. The van der Waals surface area contributed by atoms with Gasteiger partial charge < -0.3 is 20.1 Å². The highest BCUT2D eigenvalue weighted by Crippen LogP contribution is 2.21. The summed E-state index contributed by atoms with van der Waals surface area (Å²) in [6, 6.07) is 0. The van der Waals surface area contributed by atoms with Crippen LogP contribution in [0.4, 0.5) is 0 Å². The highest BCUT2D eigenvalue weighted by atomic mass is 16.5. The summed E-state index contributed by atoms with van der Waals surface area (Å²) in [5.41, 5.74) is -2.05. The van der Waals surface area contributed by atoms with E-state index in [4.69, 9.17) is 14.9 Å². The lowest BCUT2D eigenvalue weighted by molar-refractivity contribution is -0.193. The first kappa shape index (κ1) is 12.9. The zero-order valence-corrected chi connectivity index (χ0v) is 8.06. The van der Waals surface area contributed by atoms with Gasteiger partial charge in [-0.2, -0.15) is 0 Å². The van der Waals surface area contributed by atoms with E-state index in [1.54, 1.807) is 0 Å². The molecule has 2 atom stereocenters. The first-order chi connectivity index (χ1) is 6.42. The first-order valence-corrected chi connectivity index (χ1v) is 4.20. The molecule has 0 amide bonds. The van der Waals surface area contributed by atoms with Crippen molar-refractivity contribution in [3.63, 3.8) is 0 Å². The Hall–Kier alpha value is -1.14. The molecule has 0 bridgehead atoms. The molecule has 0 radical (unpaired) electrons. The lowest BCUT2D eigenvalue weighted by atomic mass is 9.93. The minimum absolute atomic E-state index is 0.0183. The van der Waals surface area contributed by atoms with E-state index in [0.717, 1.165) is 0 Å². The fourth-order valence-electron chi connectivity index (χ4n) is 1.16. The van der Waals surface area contributed by atoms with Gasteiger partial charge in [-0.05, 0) is 13.3 Å². The van der Waals surface area contributed by atoms with Crippen molar-refractivity contribution in [3.8, 4) is 0 Å². The number of hydrogen-bond donors (Lipinski definition) is 3. The SMILES string of the molecule is CCO[C@@](CC)(C(=O)O)C(O)C(=O)O. The van der Waals surface area contributed by atoms with Crippen molar-refractivity contribution in [1.29, 1.82) is 0 Å². The summed E-state index contributed by atoms with van der Waals surface area (Å²) < 4.78 is 4.83. The maximum Gasteiger partial charge on any atom is 0.339 e. The van der Waals surface area contributed by atoms with Crippen molar-refractivity contribution < 1.29 is 29.6 Å². The number of aliphatic carboxylic acids is 2. The molecule has 0 aliphatic carbocycles. The second-order valence-corrected chi connectivity index (χ2v) is 2.72. The van der Waals surface area contributed by atoms with Gasteiger partial charge in [0.25, 0.3) is 0 Å². The third-order valence-electron chi connectivity index (χ3n) is 1.96. The summed E-state index contributed by atoms with van der Waals surface area (Å²) in [6.07, 6.45) is -2.19. The normalized spacial score (nSPS) is 17.1. The molecule has 0 aromatic rings. The van der Waals surface area contributed by atoms with Crippen LogP contribution in [0.3, 0.4) is 0 Å². The third-order valence-corrected chi connectivity index (χ3v) is 1.96. The number of hydrogen-bond acceptors (Lipinski definition) is 4. The van der Waals surface area contributed by atoms with Crippen LogP contribution in [0.25, 0.3) is 0 Å². The molecular weight excluding hydrogens is 192 g/mol. The molecule has 0 aromatic heterocycles. The van der Waals surface area contributed by atoms with Crippen LogP contribution in [0.2, 0.25) is 0 Å². The van der Waals surface area contributed by atoms with E-state index in [-0.39, 0.29) is 13.0 Å². The van der Waals surface area contributed by atoms with E-state index < -0.39 is 23.6 Å². The van der Waals surface area contributed by atoms with E-state index >= 15 is 0 Å². The second-order valence-electron chi connectivity index (χ2n) is 2.72. The van der Waals surface area contributed by atoms with E-state index in [1.165, 1.54) is 13.8 Å². The second kappa shape index (κ2) is 4.92. The van der Waals surface area contributed by atoms with Gasteiger partial charge >= 0.3 is 11.9 Å². The highest BCUT2D eigenvalue weighted by Gasteiger charge is 2.48. The molecule has 0 aliphatic heterocycles. The van der Waals surface area contributed by atoms with Crippen LogP contribution in [-0.2, 0) is 14.3 Å². The Labute approximate surface area is 81.1 Å². The highest BCUT2D eigenvalue weighted by molar-refractivity contribution is 5.87. The van der Waals surface area contributed by atoms with Crippen LogP contribution < -0.4 is 0 Å². The van der Waals surface area contributed by atoms with Gasteiger partial charge in [0.1, 0.15) is 0 Å². The summed E-state index contributed by atoms with van der Waals surface area (Å²) in [6.45, 7) is 2.99. The average molecular weight is 206 g/mol. The zero-order chi connectivity index (χ0) is 11.4. The van der Waals surface area contributed by atoms with E-state index in [2.05, 4.69) is 0 Å². The molecule has 1 unspecified atom stereocenters. The lowest BCUT2D eigenvalue weighted by Crippen LogP contribution is -2.54. The maximum absolute atomic E-state index is 10.8. The lowest BCUT2D eigenvalue weighted by Gasteiger charge is -2.30. The summed E-state index contributed by atoms with van der Waals surface area (Å²) >= 11 is 0. The molecule has 6 nitrogen and oxygen atoms in total.